The van der Waals surface area contributed by atoms with Gasteiger partial charge >= 0.3 is 5.97 Å². The summed E-state index contributed by atoms with van der Waals surface area (Å²) in [5.74, 6) is -0.446. The minimum Gasteiger partial charge on any atom is -0.469 e. The smallest absolute Gasteiger partial charge is 0.306 e. The standard InChI is InChI=1S/C13H19ClN2O4S/c1-16(10-8-13(17)20-2)21(18,19)15-9-7-11-3-5-12(14)6-4-11/h3-6,15H,7-10H2,1-2H3. The van der Waals surface area contributed by atoms with Crippen LogP contribution >= 0.6 is 11.6 Å². The Morgan fingerprint density at radius 1 is 1.33 bits per heavy atom. The molecule has 0 aliphatic carbocycles. The van der Waals surface area contributed by atoms with Crippen LogP contribution in [0, 0.1) is 0 Å². The maximum Gasteiger partial charge on any atom is 0.306 e. The zero-order valence-electron chi connectivity index (χ0n) is 12.0. The molecular weight excluding hydrogens is 316 g/mol. The lowest BCUT2D eigenvalue weighted by Crippen LogP contribution is -2.40. The number of hydrogen-bond acceptors (Lipinski definition) is 4. The first-order valence-corrected chi connectivity index (χ1v) is 8.19. The van der Waals surface area contributed by atoms with Crippen molar-refractivity contribution in [2.24, 2.45) is 0 Å². The molecule has 0 bridgehead atoms. The highest BCUT2D eigenvalue weighted by molar-refractivity contribution is 7.87. The molecule has 0 aromatic heterocycles. The first-order valence-electron chi connectivity index (χ1n) is 6.37. The molecule has 0 heterocycles. The Labute approximate surface area is 130 Å². The number of esters is 1. The lowest BCUT2D eigenvalue weighted by molar-refractivity contribution is -0.140. The number of ether oxygens (including phenoxy) is 1. The van der Waals surface area contributed by atoms with E-state index in [0.717, 1.165) is 9.87 Å². The molecular formula is C13H19ClN2O4S. The van der Waals surface area contributed by atoms with Crippen LogP contribution in [0.4, 0.5) is 0 Å². The lowest BCUT2D eigenvalue weighted by Gasteiger charge is -2.17. The third-order valence-corrected chi connectivity index (χ3v) is 4.70. The van der Waals surface area contributed by atoms with Gasteiger partial charge in [0.2, 0.25) is 0 Å². The van der Waals surface area contributed by atoms with Crippen molar-refractivity contribution in [2.75, 3.05) is 27.2 Å². The van der Waals surface area contributed by atoms with E-state index in [1.54, 1.807) is 12.1 Å². The second kappa shape index (κ2) is 8.33. The summed E-state index contributed by atoms with van der Waals surface area (Å²) in [5, 5.41) is 0.641. The molecule has 1 N–H and O–H groups in total. The van der Waals surface area contributed by atoms with Crippen LogP contribution in [-0.4, -0.2) is 45.9 Å². The molecule has 8 heteroatoms. The van der Waals surface area contributed by atoms with Gasteiger partial charge in [0.15, 0.2) is 0 Å². The molecule has 0 aliphatic rings. The van der Waals surface area contributed by atoms with E-state index < -0.39 is 16.2 Å². The van der Waals surface area contributed by atoms with Crippen molar-refractivity contribution >= 4 is 27.8 Å². The highest BCUT2D eigenvalue weighted by Crippen LogP contribution is 2.09. The topological polar surface area (TPSA) is 75.7 Å². The third-order valence-electron chi connectivity index (χ3n) is 2.88. The van der Waals surface area contributed by atoms with Crippen molar-refractivity contribution < 1.29 is 17.9 Å². The molecule has 0 fully saturated rings. The van der Waals surface area contributed by atoms with Gasteiger partial charge in [-0.05, 0) is 24.1 Å². The summed E-state index contributed by atoms with van der Waals surface area (Å²) < 4.78 is 31.9. The molecule has 0 atom stereocenters. The van der Waals surface area contributed by atoms with Gasteiger partial charge in [-0.1, -0.05) is 23.7 Å². The fraction of sp³-hybridized carbons (Fsp3) is 0.462. The van der Waals surface area contributed by atoms with Crippen molar-refractivity contribution in [2.45, 2.75) is 12.8 Å². The third kappa shape index (κ3) is 6.43. The van der Waals surface area contributed by atoms with Crippen LogP contribution < -0.4 is 4.72 Å². The Morgan fingerprint density at radius 2 is 1.95 bits per heavy atom. The molecule has 0 radical (unpaired) electrons. The van der Waals surface area contributed by atoms with E-state index in [1.165, 1.54) is 14.2 Å². The number of halogens is 1. The Morgan fingerprint density at radius 3 is 2.52 bits per heavy atom. The maximum absolute atomic E-state index is 11.9. The average Bonchev–Trinajstić information content (AvgIpc) is 2.46. The molecule has 0 aliphatic heterocycles. The van der Waals surface area contributed by atoms with Gasteiger partial charge in [-0.2, -0.15) is 12.7 Å². The SMILES string of the molecule is COC(=O)CCN(C)S(=O)(=O)NCCc1ccc(Cl)cc1. The van der Waals surface area contributed by atoms with E-state index in [0.29, 0.717) is 11.4 Å². The van der Waals surface area contributed by atoms with E-state index in [-0.39, 0.29) is 19.5 Å². The molecule has 6 nitrogen and oxygen atoms in total. The predicted octanol–water partition coefficient (Wildman–Crippen LogP) is 1.21. The van der Waals surface area contributed by atoms with Crippen molar-refractivity contribution in [3.63, 3.8) is 0 Å². The molecule has 0 spiro atoms. The van der Waals surface area contributed by atoms with Gasteiger partial charge in [0.05, 0.1) is 13.5 Å². The molecule has 0 saturated heterocycles. The summed E-state index contributed by atoms with van der Waals surface area (Å²) in [6.45, 7) is 0.343. The number of nitrogens with one attached hydrogen (secondary N) is 1. The zero-order chi connectivity index (χ0) is 15.9. The fourth-order valence-corrected chi connectivity index (χ4v) is 2.59. The fourth-order valence-electron chi connectivity index (χ4n) is 1.56. The summed E-state index contributed by atoms with van der Waals surface area (Å²) >= 11 is 5.78. The molecule has 118 valence electrons. The quantitative estimate of drug-likeness (QED) is 0.725. The van der Waals surface area contributed by atoms with Crippen molar-refractivity contribution in [1.29, 1.82) is 0 Å². The number of rotatable bonds is 8. The number of hydrogen-bond donors (Lipinski definition) is 1. The van der Waals surface area contributed by atoms with Crippen LogP contribution in [0.5, 0.6) is 0 Å². The van der Waals surface area contributed by atoms with Crippen LogP contribution in [0.3, 0.4) is 0 Å². The van der Waals surface area contributed by atoms with Crippen LogP contribution in [0.25, 0.3) is 0 Å². The van der Waals surface area contributed by atoms with Crippen molar-refractivity contribution in [3.8, 4) is 0 Å². The average molecular weight is 335 g/mol. The Kier molecular flexibility index (Phi) is 7.10. The minimum atomic E-state index is -3.59. The monoisotopic (exact) mass is 334 g/mol. The van der Waals surface area contributed by atoms with Gasteiger partial charge in [-0.15, -0.1) is 0 Å². The van der Waals surface area contributed by atoms with Gasteiger partial charge in [-0.25, -0.2) is 4.72 Å². The molecule has 1 rings (SSSR count). The van der Waals surface area contributed by atoms with Crippen molar-refractivity contribution in [1.82, 2.24) is 9.03 Å². The van der Waals surface area contributed by atoms with E-state index in [4.69, 9.17) is 11.6 Å². The molecule has 0 unspecified atom stereocenters. The second-order valence-electron chi connectivity index (χ2n) is 4.42. The van der Waals surface area contributed by atoms with E-state index in [2.05, 4.69) is 9.46 Å². The van der Waals surface area contributed by atoms with E-state index >= 15 is 0 Å². The number of carbonyl (C=O) groups is 1. The van der Waals surface area contributed by atoms with Gasteiger partial charge in [0, 0.05) is 25.2 Å². The second-order valence-corrected chi connectivity index (χ2v) is 6.72. The number of benzene rings is 1. The maximum atomic E-state index is 11.9. The van der Waals surface area contributed by atoms with Crippen LogP contribution in [0.15, 0.2) is 24.3 Å². The summed E-state index contributed by atoms with van der Waals surface area (Å²) in [4.78, 5) is 11.0. The number of methoxy groups -OCH3 is 1. The van der Waals surface area contributed by atoms with Crippen molar-refractivity contribution in [3.05, 3.63) is 34.9 Å². The van der Waals surface area contributed by atoms with Crippen LogP contribution in [-0.2, 0) is 26.2 Å². The minimum absolute atomic E-state index is 0.0189. The van der Waals surface area contributed by atoms with Gasteiger partial charge < -0.3 is 4.74 Å². The Bertz CT molecular complexity index is 560. The number of carbonyl (C=O) groups excluding carboxylic acids is 1. The van der Waals surface area contributed by atoms with Gasteiger partial charge in [-0.3, -0.25) is 4.79 Å². The highest BCUT2D eigenvalue weighted by atomic mass is 35.5. The summed E-state index contributed by atoms with van der Waals surface area (Å²) in [6.07, 6.45) is 0.576. The van der Waals surface area contributed by atoms with Gasteiger partial charge in [0.1, 0.15) is 0 Å². The Hall–Kier alpha value is -1.15. The van der Waals surface area contributed by atoms with E-state index in [9.17, 15) is 13.2 Å². The van der Waals surface area contributed by atoms with Crippen LogP contribution in [0.1, 0.15) is 12.0 Å². The first-order chi connectivity index (χ1) is 9.85. The summed E-state index contributed by atoms with van der Waals surface area (Å²) in [6, 6.07) is 7.21. The highest BCUT2D eigenvalue weighted by Gasteiger charge is 2.17. The predicted molar refractivity (Wildman–Crippen MR) is 81.3 cm³/mol. The van der Waals surface area contributed by atoms with Gasteiger partial charge in [0.25, 0.3) is 10.2 Å². The lowest BCUT2D eigenvalue weighted by atomic mass is 10.2. The molecule has 21 heavy (non-hydrogen) atoms. The normalized spacial score (nSPS) is 11.6. The zero-order valence-corrected chi connectivity index (χ0v) is 13.6. The summed E-state index contributed by atoms with van der Waals surface area (Å²) in [7, 11) is -0.918. The molecule has 1 aromatic carbocycles. The molecule has 0 amide bonds. The molecule has 0 saturated carbocycles. The molecule has 1 aromatic rings. The van der Waals surface area contributed by atoms with Crippen LogP contribution in [0.2, 0.25) is 5.02 Å². The number of nitrogens with zero attached hydrogens (tertiary/aromatic N) is 1. The summed E-state index contributed by atoms with van der Waals surface area (Å²) in [5.41, 5.74) is 0.985. The Balaban J connectivity index is 2.41. The largest absolute Gasteiger partial charge is 0.469 e. The first kappa shape index (κ1) is 17.9. The van der Waals surface area contributed by atoms with E-state index in [1.807, 2.05) is 12.1 Å².